The van der Waals surface area contributed by atoms with E-state index in [1.165, 1.54) is 0 Å². The van der Waals surface area contributed by atoms with E-state index in [1.807, 2.05) is 6.92 Å². The van der Waals surface area contributed by atoms with Crippen LogP contribution in [0.1, 0.15) is 12.5 Å². The lowest BCUT2D eigenvalue weighted by Gasteiger charge is -2.24. The van der Waals surface area contributed by atoms with Gasteiger partial charge in [-0.2, -0.15) is 0 Å². The van der Waals surface area contributed by atoms with Gasteiger partial charge in [0.15, 0.2) is 5.84 Å². The maximum Gasteiger partial charge on any atom is 0.323 e. The molecule has 1 aromatic carbocycles. The van der Waals surface area contributed by atoms with Gasteiger partial charge in [-0.05, 0) is 31.2 Å². The molecule has 98 valence electrons. The quantitative estimate of drug-likeness (QED) is 0.367. The van der Waals surface area contributed by atoms with Gasteiger partial charge in [-0.15, -0.1) is 0 Å². The van der Waals surface area contributed by atoms with Crippen LogP contribution in [0.25, 0.3) is 0 Å². The molecule has 1 aromatic rings. The lowest BCUT2D eigenvalue weighted by Crippen LogP contribution is -2.38. The van der Waals surface area contributed by atoms with Crippen LogP contribution in [0.15, 0.2) is 29.4 Å². The Balaban J connectivity index is 2.88. The SMILES string of the molecule is CCN(C)C(=O)N(C)c1ccc(C(N)=NO)cc1. The highest BCUT2D eigenvalue weighted by Crippen LogP contribution is 2.15. The highest BCUT2D eigenvalue weighted by Gasteiger charge is 2.14. The van der Waals surface area contributed by atoms with Crippen molar-refractivity contribution in [2.45, 2.75) is 6.92 Å². The van der Waals surface area contributed by atoms with E-state index in [9.17, 15) is 4.79 Å². The predicted molar refractivity (Wildman–Crippen MR) is 71.1 cm³/mol. The van der Waals surface area contributed by atoms with E-state index in [0.717, 1.165) is 5.69 Å². The van der Waals surface area contributed by atoms with Gasteiger partial charge in [0.25, 0.3) is 0 Å². The molecule has 0 saturated carbocycles. The zero-order valence-electron chi connectivity index (χ0n) is 10.8. The highest BCUT2D eigenvalue weighted by atomic mass is 16.4. The van der Waals surface area contributed by atoms with Gasteiger partial charge in [0.1, 0.15) is 0 Å². The molecule has 0 radical (unpaired) electrons. The number of benzene rings is 1. The van der Waals surface area contributed by atoms with E-state index in [4.69, 9.17) is 10.9 Å². The Morgan fingerprint density at radius 1 is 1.33 bits per heavy atom. The first-order valence-corrected chi connectivity index (χ1v) is 5.58. The number of oxime groups is 1. The Kier molecular flexibility index (Phi) is 4.53. The van der Waals surface area contributed by atoms with Gasteiger partial charge in [-0.25, -0.2) is 4.79 Å². The first-order chi connectivity index (χ1) is 8.51. The maximum absolute atomic E-state index is 11.9. The van der Waals surface area contributed by atoms with Gasteiger partial charge in [-0.1, -0.05) is 5.16 Å². The van der Waals surface area contributed by atoms with E-state index in [2.05, 4.69) is 5.16 Å². The summed E-state index contributed by atoms with van der Waals surface area (Å²) in [6, 6.07) is 6.79. The van der Waals surface area contributed by atoms with Crippen molar-refractivity contribution >= 4 is 17.6 Å². The summed E-state index contributed by atoms with van der Waals surface area (Å²) in [6.07, 6.45) is 0. The molecule has 18 heavy (non-hydrogen) atoms. The van der Waals surface area contributed by atoms with Crippen molar-refractivity contribution in [1.29, 1.82) is 0 Å². The van der Waals surface area contributed by atoms with Crippen LogP contribution < -0.4 is 10.6 Å². The second-order valence-corrected chi connectivity index (χ2v) is 3.89. The number of nitrogens with two attached hydrogens (primary N) is 1. The molecule has 0 heterocycles. The number of anilines is 1. The number of carbonyl (C=O) groups excluding carboxylic acids is 1. The van der Waals surface area contributed by atoms with Gasteiger partial charge >= 0.3 is 6.03 Å². The van der Waals surface area contributed by atoms with Gasteiger partial charge in [0.2, 0.25) is 0 Å². The Morgan fingerprint density at radius 3 is 2.33 bits per heavy atom. The molecule has 2 amide bonds. The summed E-state index contributed by atoms with van der Waals surface area (Å²) in [5.74, 6) is 0.0428. The fourth-order valence-corrected chi connectivity index (χ4v) is 1.42. The van der Waals surface area contributed by atoms with Crippen molar-refractivity contribution in [3.63, 3.8) is 0 Å². The normalized spacial score (nSPS) is 11.2. The van der Waals surface area contributed by atoms with Crippen LogP contribution in [0.4, 0.5) is 10.5 Å². The zero-order chi connectivity index (χ0) is 13.7. The minimum atomic E-state index is -0.0888. The first-order valence-electron chi connectivity index (χ1n) is 5.58. The van der Waals surface area contributed by atoms with E-state index < -0.39 is 0 Å². The Morgan fingerprint density at radius 2 is 1.89 bits per heavy atom. The molecule has 0 aromatic heterocycles. The lowest BCUT2D eigenvalue weighted by molar-refractivity contribution is 0.219. The number of urea groups is 1. The monoisotopic (exact) mass is 250 g/mol. The summed E-state index contributed by atoms with van der Waals surface area (Å²) < 4.78 is 0. The largest absolute Gasteiger partial charge is 0.409 e. The smallest absolute Gasteiger partial charge is 0.323 e. The number of amidine groups is 1. The summed E-state index contributed by atoms with van der Waals surface area (Å²) in [6.45, 7) is 2.55. The average Bonchev–Trinajstić information content (AvgIpc) is 2.44. The van der Waals surface area contributed by atoms with Gasteiger partial charge in [0.05, 0.1) is 0 Å². The van der Waals surface area contributed by atoms with Crippen LogP contribution in [-0.2, 0) is 0 Å². The number of amides is 2. The second-order valence-electron chi connectivity index (χ2n) is 3.89. The van der Waals surface area contributed by atoms with Gasteiger partial charge < -0.3 is 15.8 Å². The first kappa shape index (κ1) is 13.8. The number of nitrogens with zero attached hydrogens (tertiary/aromatic N) is 3. The van der Waals surface area contributed by atoms with Gasteiger partial charge in [0, 0.05) is 31.9 Å². The zero-order valence-corrected chi connectivity index (χ0v) is 10.8. The third-order valence-electron chi connectivity index (χ3n) is 2.75. The van der Waals surface area contributed by atoms with Crippen molar-refractivity contribution in [3.8, 4) is 0 Å². The Labute approximate surface area is 106 Å². The van der Waals surface area contributed by atoms with E-state index >= 15 is 0 Å². The highest BCUT2D eigenvalue weighted by molar-refractivity contribution is 5.98. The number of carbonyl (C=O) groups is 1. The molecule has 0 spiro atoms. The Hall–Kier alpha value is -2.24. The summed E-state index contributed by atoms with van der Waals surface area (Å²) in [5, 5.41) is 11.5. The van der Waals surface area contributed by atoms with Crippen molar-refractivity contribution in [2.24, 2.45) is 10.9 Å². The van der Waals surface area contributed by atoms with Crippen LogP contribution in [0.5, 0.6) is 0 Å². The van der Waals surface area contributed by atoms with Crippen LogP contribution in [-0.4, -0.2) is 42.6 Å². The van der Waals surface area contributed by atoms with Crippen molar-refractivity contribution in [1.82, 2.24) is 4.90 Å². The summed E-state index contributed by atoms with van der Waals surface area (Å²) in [4.78, 5) is 15.1. The molecular weight excluding hydrogens is 232 g/mol. The van der Waals surface area contributed by atoms with E-state index in [1.54, 1.807) is 48.2 Å². The molecule has 0 atom stereocenters. The molecule has 0 aliphatic carbocycles. The minimum Gasteiger partial charge on any atom is -0.409 e. The average molecular weight is 250 g/mol. The van der Waals surface area contributed by atoms with Crippen LogP contribution >= 0.6 is 0 Å². The lowest BCUT2D eigenvalue weighted by atomic mass is 10.2. The molecule has 1 rings (SSSR count). The van der Waals surface area contributed by atoms with Crippen molar-refractivity contribution < 1.29 is 10.0 Å². The van der Waals surface area contributed by atoms with E-state index in [-0.39, 0.29) is 11.9 Å². The molecule has 0 bridgehead atoms. The predicted octanol–water partition coefficient (Wildman–Crippen LogP) is 1.29. The second kappa shape index (κ2) is 5.90. The molecular formula is C12H18N4O2. The molecule has 0 unspecified atom stereocenters. The molecule has 0 fully saturated rings. The summed E-state index contributed by atoms with van der Waals surface area (Å²) >= 11 is 0. The topological polar surface area (TPSA) is 82.2 Å². The third-order valence-corrected chi connectivity index (χ3v) is 2.75. The number of hydrogen-bond donors (Lipinski definition) is 2. The molecule has 6 heteroatoms. The minimum absolute atomic E-state index is 0.0428. The van der Waals surface area contributed by atoms with Crippen LogP contribution in [0.2, 0.25) is 0 Å². The number of rotatable bonds is 3. The maximum atomic E-state index is 11.9. The van der Waals surface area contributed by atoms with Crippen molar-refractivity contribution in [2.75, 3.05) is 25.5 Å². The Bertz CT molecular complexity index is 442. The summed E-state index contributed by atoms with van der Waals surface area (Å²) in [7, 11) is 3.44. The fourth-order valence-electron chi connectivity index (χ4n) is 1.42. The molecule has 0 saturated heterocycles. The summed E-state index contributed by atoms with van der Waals surface area (Å²) in [5.41, 5.74) is 6.81. The fraction of sp³-hybridized carbons (Fsp3) is 0.333. The van der Waals surface area contributed by atoms with E-state index in [0.29, 0.717) is 12.1 Å². The van der Waals surface area contributed by atoms with Crippen LogP contribution in [0, 0.1) is 0 Å². The molecule has 6 nitrogen and oxygen atoms in total. The van der Waals surface area contributed by atoms with Gasteiger partial charge in [-0.3, -0.25) is 4.90 Å². The number of hydrogen-bond acceptors (Lipinski definition) is 3. The van der Waals surface area contributed by atoms with Crippen molar-refractivity contribution in [3.05, 3.63) is 29.8 Å². The molecule has 0 aliphatic heterocycles. The van der Waals surface area contributed by atoms with Crippen LogP contribution in [0.3, 0.4) is 0 Å². The standard InChI is InChI=1S/C12H18N4O2/c1-4-15(2)12(17)16(3)10-7-5-9(6-8-10)11(13)14-18/h5-8,18H,4H2,1-3H3,(H2,13,14). The third kappa shape index (κ3) is 2.91. The molecule has 3 N–H and O–H groups in total. The molecule has 0 aliphatic rings.